The first-order chi connectivity index (χ1) is 18.6. The second kappa shape index (κ2) is 14.0. The van der Waals surface area contributed by atoms with Gasteiger partial charge < -0.3 is 10.2 Å². The summed E-state index contributed by atoms with van der Waals surface area (Å²) in [6.07, 6.45) is 1.03. The number of sulfonamides is 1. The van der Waals surface area contributed by atoms with Gasteiger partial charge in [0.15, 0.2) is 0 Å². The topological polar surface area (TPSA) is 86.8 Å². The van der Waals surface area contributed by atoms with Crippen molar-refractivity contribution in [1.29, 1.82) is 0 Å². The summed E-state index contributed by atoms with van der Waals surface area (Å²) in [4.78, 5) is 28.5. The Balaban J connectivity index is 2.07. The van der Waals surface area contributed by atoms with E-state index >= 15 is 0 Å². The summed E-state index contributed by atoms with van der Waals surface area (Å²) in [5.41, 5.74) is 0.782. The number of hydrogen-bond acceptors (Lipinski definition) is 4. The highest BCUT2D eigenvalue weighted by Gasteiger charge is 2.34. The quantitative estimate of drug-likeness (QED) is 0.266. The summed E-state index contributed by atoms with van der Waals surface area (Å²) in [6, 6.07) is 18.3. The van der Waals surface area contributed by atoms with Crippen molar-refractivity contribution >= 4 is 62.3 Å². The molecule has 39 heavy (non-hydrogen) atoms. The van der Waals surface area contributed by atoms with Gasteiger partial charge in [-0.2, -0.15) is 0 Å². The van der Waals surface area contributed by atoms with Gasteiger partial charge in [-0.05, 0) is 54.8 Å². The predicted molar refractivity (Wildman–Crippen MR) is 157 cm³/mol. The SMILES string of the molecule is CCCNC(=O)C(CC)N(Cc1ccccc1Cl)C(=O)CN(c1ccc(Cl)c(Cl)c1)S(=O)(=O)c1ccccc1. The van der Waals surface area contributed by atoms with E-state index in [1.807, 2.05) is 6.92 Å². The highest BCUT2D eigenvalue weighted by atomic mass is 35.5. The molecule has 7 nitrogen and oxygen atoms in total. The van der Waals surface area contributed by atoms with Crippen molar-refractivity contribution in [3.8, 4) is 0 Å². The standard InChI is InChI=1S/C28H30Cl3N3O4S/c1-3-16-32-28(36)26(4-2)33(18-20-10-8-9-13-23(20)29)27(35)19-34(21-14-15-24(30)25(31)17-21)39(37,38)22-11-6-5-7-12-22/h5-15,17,26H,3-4,16,18-19H2,1-2H3,(H,32,36). The zero-order valence-electron chi connectivity index (χ0n) is 21.6. The van der Waals surface area contributed by atoms with E-state index in [-0.39, 0.29) is 33.1 Å². The number of nitrogens with one attached hydrogen (secondary N) is 1. The van der Waals surface area contributed by atoms with Crippen LogP contribution in [0.3, 0.4) is 0 Å². The number of carbonyl (C=O) groups is 2. The molecule has 0 radical (unpaired) electrons. The number of carbonyl (C=O) groups excluding carboxylic acids is 2. The molecule has 208 valence electrons. The lowest BCUT2D eigenvalue weighted by Crippen LogP contribution is -2.52. The van der Waals surface area contributed by atoms with Gasteiger partial charge in [0.2, 0.25) is 11.8 Å². The van der Waals surface area contributed by atoms with Crippen molar-refractivity contribution in [2.75, 3.05) is 17.4 Å². The highest BCUT2D eigenvalue weighted by molar-refractivity contribution is 7.92. The molecule has 3 aromatic rings. The minimum atomic E-state index is -4.20. The molecule has 1 unspecified atom stereocenters. The molecule has 0 aliphatic rings. The van der Waals surface area contributed by atoms with Crippen molar-refractivity contribution in [2.24, 2.45) is 0 Å². The summed E-state index contributed by atoms with van der Waals surface area (Å²) in [7, 11) is -4.20. The first kappa shape index (κ1) is 30.8. The predicted octanol–water partition coefficient (Wildman–Crippen LogP) is 6.18. The Kier molecular flexibility index (Phi) is 11.1. The normalized spacial score (nSPS) is 12.0. The molecular formula is C28H30Cl3N3O4S. The van der Waals surface area contributed by atoms with Crippen LogP contribution in [-0.4, -0.2) is 44.3 Å². The van der Waals surface area contributed by atoms with E-state index in [1.54, 1.807) is 49.4 Å². The van der Waals surface area contributed by atoms with Crippen LogP contribution in [0.1, 0.15) is 32.3 Å². The zero-order valence-corrected chi connectivity index (χ0v) is 24.7. The van der Waals surface area contributed by atoms with E-state index in [4.69, 9.17) is 34.8 Å². The van der Waals surface area contributed by atoms with Crippen molar-refractivity contribution < 1.29 is 18.0 Å². The minimum absolute atomic E-state index is 0.00532. The number of anilines is 1. The van der Waals surface area contributed by atoms with E-state index in [0.717, 1.165) is 10.7 Å². The fourth-order valence-corrected chi connectivity index (χ4v) is 5.90. The van der Waals surface area contributed by atoms with Gasteiger partial charge in [0.1, 0.15) is 12.6 Å². The summed E-state index contributed by atoms with van der Waals surface area (Å²) in [5, 5.41) is 3.64. The molecular weight excluding hydrogens is 581 g/mol. The van der Waals surface area contributed by atoms with Gasteiger partial charge >= 0.3 is 0 Å². The van der Waals surface area contributed by atoms with Gasteiger partial charge in [0.25, 0.3) is 10.0 Å². The lowest BCUT2D eigenvalue weighted by atomic mass is 10.1. The summed E-state index contributed by atoms with van der Waals surface area (Å²) in [6.45, 7) is 3.59. The van der Waals surface area contributed by atoms with Gasteiger partial charge in [-0.25, -0.2) is 8.42 Å². The van der Waals surface area contributed by atoms with Crippen LogP contribution in [0.4, 0.5) is 5.69 Å². The monoisotopic (exact) mass is 609 g/mol. The van der Waals surface area contributed by atoms with E-state index in [0.29, 0.717) is 23.6 Å². The van der Waals surface area contributed by atoms with Crippen molar-refractivity contribution in [3.05, 3.63) is 93.4 Å². The lowest BCUT2D eigenvalue weighted by Gasteiger charge is -2.33. The van der Waals surface area contributed by atoms with Crippen molar-refractivity contribution in [3.63, 3.8) is 0 Å². The fraction of sp³-hybridized carbons (Fsp3) is 0.286. The van der Waals surface area contributed by atoms with E-state index < -0.39 is 28.5 Å². The molecule has 1 atom stereocenters. The Labute approximate surface area is 244 Å². The molecule has 0 aliphatic heterocycles. The molecule has 11 heteroatoms. The molecule has 0 heterocycles. The largest absolute Gasteiger partial charge is 0.354 e. The molecule has 1 N–H and O–H groups in total. The van der Waals surface area contributed by atoms with Crippen LogP contribution in [0.5, 0.6) is 0 Å². The average molecular weight is 611 g/mol. The maximum absolute atomic E-state index is 14.0. The summed E-state index contributed by atoms with van der Waals surface area (Å²) in [5.74, 6) is -0.911. The lowest BCUT2D eigenvalue weighted by molar-refractivity contribution is -0.140. The average Bonchev–Trinajstić information content (AvgIpc) is 2.93. The van der Waals surface area contributed by atoms with Gasteiger partial charge in [0, 0.05) is 18.1 Å². The third-order valence-electron chi connectivity index (χ3n) is 6.03. The second-order valence-electron chi connectivity index (χ2n) is 8.75. The van der Waals surface area contributed by atoms with Crippen LogP contribution in [0.2, 0.25) is 15.1 Å². The molecule has 0 bridgehead atoms. The minimum Gasteiger partial charge on any atom is -0.354 e. The van der Waals surface area contributed by atoms with E-state index in [2.05, 4.69) is 5.32 Å². The van der Waals surface area contributed by atoms with Crippen LogP contribution in [0.25, 0.3) is 0 Å². The van der Waals surface area contributed by atoms with Crippen LogP contribution < -0.4 is 9.62 Å². The van der Waals surface area contributed by atoms with Gasteiger partial charge in [-0.15, -0.1) is 0 Å². The van der Waals surface area contributed by atoms with Crippen molar-refractivity contribution in [1.82, 2.24) is 10.2 Å². The molecule has 0 saturated heterocycles. The van der Waals surface area contributed by atoms with Crippen LogP contribution in [-0.2, 0) is 26.2 Å². The molecule has 0 aliphatic carbocycles. The molecule has 0 spiro atoms. The Bertz CT molecular complexity index is 1400. The molecule has 0 fully saturated rings. The Morgan fingerprint density at radius 2 is 1.54 bits per heavy atom. The third-order valence-corrected chi connectivity index (χ3v) is 8.93. The molecule has 2 amide bonds. The number of hydrogen-bond donors (Lipinski definition) is 1. The maximum atomic E-state index is 14.0. The van der Waals surface area contributed by atoms with E-state index in [9.17, 15) is 18.0 Å². The summed E-state index contributed by atoms with van der Waals surface area (Å²) >= 11 is 18.7. The smallest absolute Gasteiger partial charge is 0.264 e. The summed E-state index contributed by atoms with van der Waals surface area (Å²) < 4.78 is 28.6. The van der Waals surface area contributed by atoms with Gasteiger partial charge in [-0.1, -0.05) is 85.0 Å². The van der Waals surface area contributed by atoms with Crippen LogP contribution >= 0.6 is 34.8 Å². The van der Waals surface area contributed by atoms with Gasteiger partial charge in [0.05, 0.1) is 20.6 Å². The first-order valence-corrected chi connectivity index (χ1v) is 15.0. The van der Waals surface area contributed by atoms with Crippen LogP contribution in [0.15, 0.2) is 77.7 Å². The molecule has 0 aromatic heterocycles. The molecule has 0 saturated carbocycles. The number of nitrogens with zero attached hydrogens (tertiary/aromatic N) is 2. The zero-order chi connectivity index (χ0) is 28.6. The highest BCUT2D eigenvalue weighted by Crippen LogP contribution is 2.31. The fourth-order valence-electron chi connectivity index (χ4n) is 3.98. The maximum Gasteiger partial charge on any atom is 0.264 e. The number of halogens is 3. The van der Waals surface area contributed by atoms with Crippen molar-refractivity contribution in [2.45, 2.75) is 44.2 Å². The molecule has 3 aromatic carbocycles. The number of benzene rings is 3. The van der Waals surface area contributed by atoms with E-state index in [1.165, 1.54) is 35.2 Å². The Morgan fingerprint density at radius 1 is 0.872 bits per heavy atom. The third kappa shape index (κ3) is 7.66. The number of rotatable bonds is 12. The first-order valence-electron chi connectivity index (χ1n) is 12.4. The second-order valence-corrected chi connectivity index (χ2v) is 11.8. The molecule has 3 rings (SSSR count). The Morgan fingerprint density at radius 3 is 2.15 bits per heavy atom. The Hall–Kier alpha value is -2.78. The van der Waals surface area contributed by atoms with Gasteiger partial charge in [-0.3, -0.25) is 13.9 Å². The number of amides is 2. The van der Waals surface area contributed by atoms with Crippen LogP contribution in [0, 0.1) is 0 Å².